The summed E-state index contributed by atoms with van der Waals surface area (Å²) in [6.45, 7) is 7.92. The molecule has 0 spiro atoms. The Morgan fingerprint density at radius 1 is 0.519 bits per heavy atom. The van der Waals surface area contributed by atoms with Gasteiger partial charge in [-0.05, 0) is 32.7 Å². The van der Waals surface area contributed by atoms with E-state index in [1.54, 1.807) is 0 Å². The zero-order valence-electron chi connectivity index (χ0n) is 14.6. The van der Waals surface area contributed by atoms with E-state index < -0.39 is 0 Å². The lowest BCUT2D eigenvalue weighted by molar-refractivity contribution is 0.447. The lowest BCUT2D eigenvalue weighted by atomic mass is 9.92. The fraction of sp³-hybridized carbons (Fsp3) is 0. The molecule has 0 aliphatic heterocycles. The molecule has 0 fully saturated rings. The highest BCUT2D eigenvalue weighted by atomic mass is 16.4. The molecule has 6 N–H and O–H groups in total. The first kappa shape index (κ1) is 24.6. The molecule has 0 bridgehead atoms. The van der Waals surface area contributed by atoms with Gasteiger partial charge in [-0.3, -0.25) is 0 Å². The molecule has 0 aromatic heterocycles. The molecule has 0 heterocycles. The van der Waals surface area contributed by atoms with Crippen LogP contribution >= 0.6 is 0 Å². The average molecular weight is 365 g/mol. The summed E-state index contributed by atoms with van der Waals surface area (Å²) < 4.78 is 0. The van der Waals surface area contributed by atoms with Gasteiger partial charge in [-0.1, -0.05) is 73.8 Å². The van der Waals surface area contributed by atoms with E-state index in [2.05, 4.69) is 61.7 Å². The molecule has 0 amide bonds. The molecule has 0 saturated heterocycles. The van der Waals surface area contributed by atoms with Crippen LogP contribution < -0.4 is 0 Å². The lowest BCUT2D eigenvalue weighted by Gasteiger charge is -2.12. The van der Waals surface area contributed by atoms with Gasteiger partial charge in [0.05, 0.1) is 0 Å². The highest BCUT2D eigenvalue weighted by Crippen LogP contribution is 2.33. The monoisotopic (exact) mass is 365 g/mol. The molecule has 137 valence electrons. The second-order valence-corrected chi connectivity index (χ2v) is 4.67. The summed E-state index contributed by atoms with van der Waals surface area (Å²) >= 11 is 0. The van der Waals surface area contributed by atoms with Crippen molar-refractivity contribution in [1.29, 1.82) is 0 Å². The van der Waals surface area contributed by atoms with E-state index >= 15 is 0 Å². The molecule has 27 heavy (non-hydrogen) atoms. The molecule has 0 unspecified atom stereocenters. The van der Waals surface area contributed by atoms with Crippen molar-refractivity contribution in [2.75, 3.05) is 0 Å². The standard InChI is InChI=1S/C18H14.3BH2O2/c1-3-13-15-9-5-7-11-17(15)14(4-2)18-12-8-6-10-16(13)18;3*2-1-3/h3-12H,1-2H2;3*2-3H. The minimum absolute atomic E-state index is 0. The second-order valence-electron chi connectivity index (χ2n) is 4.67. The van der Waals surface area contributed by atoms with Crippen LogP contribution in [0, 0.1) is 0 Å². The molecule has 3 aromatic rings. The predicted molar refractivity (Wildman–Crippen MR) is 112 cm³/mol. The quantitative estimate of drug-likeness (QED) is 0.295. The van der Waals surface area contributed by atoms with Crippen LogP contribution in [0.4, 0.5) is 0 Å². The summed E-state index contributed by atoms with van der Waals surface area (Å²) in [7, 11) is 0. The Kier molecular flexibility index (Phi) is 13.4. The fourth-order valence-electron chi connectivity index (χ4n) is 2.64. The summed E-state index contributed by atoms with van der Waals surface area (Å²) in [6.07, 6.45) is 3.88. The van der Waals surface area contributed by atoms with E-state index in [-0.39, 0.29) is 23.1 Å². The molecule has 0 saturated carbocycles. The maximum Gasteiger partial charge on any atom is 0.482 e. The molecule has 0 aliphatic carbocycles. The molecule has 0 atom stereocenters. The Morgan fingerprint density at radius 2 is 0.704 bits per heavy atom. The molecule has 3 rings (SSSR count). The largest absolute Gasteiger partial charge is 0.482 e. The van der Waals surface area contributed by atoms with Crippen LogP contribution in [0.25, 0.3) is 33.7 Å². The van der Waals surface area contributed by atoms with Crippen LogP contribution in [-0.4, -0.2) is 53.2 Å². The topological polar surface area (TPSA) is 121 Å². The Balaban J connectivity index is 0.000000643. The van der Waals surface area contributed by atoms with E-state index in [1.165, 1.54) is 32.7 Å². The Morgan fingerprint density at radius 3 is 0.852 bits per heavy atom. The third kappa shape index (κ3) is 7.03. The molecule has 3 aromatic carbocycles. The van der Waals surface area contributed by atoms with E-state index in [1.807, 2.05) is 12.2 Å². The van der Waals surface area contributed by atoms with Gasteiger partial charge >= 0.3 is 23.1 Å². The minimum Gasteiger partial charge on any atom is -0.429 e. The third-order valence-electron chi connectivity index (χ3n) is 3.42. The average Bonchev–Trinajstić information content (AvgIpc) is 2.68. The summed E-state index contributed by atoms with van der Waals surface area (Å²) in [4.78, 5) is 0. The SMILES string of the molecule is C=Cc1c2ccccc2c(C=C)c2ccccc12.O[B]O.O[B]O.O[B]O. The van der Waals surface area contributed by atoms with Crippen molar-refractivity contribution in [3.8, 4) is 0 Å². The third-order valence-corrected chi connectivity index (χ3v) is 3.42. The minimum atomic E-state index is 0. The molecular formula is C18H20B3O6. The van der Waals surface area contributed by atoms with E-state index in [9.17, 15) is 0 Å². The van der Waals surface area contributed by atoms with Crippen molar-refractivity contribution >= 4 is 56.8 Å². The number of benzene rings is 3. The number of hydrogen-bond donors (Lipinski definition) is 6. The summed E-state index contributed by atoms with van der Waals surface area (Å²) in [5.74, 6) is 0. The normalized spacial score (nSPS) is 8.67. The molecule has 3 radical (unpaired) electrons. The highest BCUT2D eigenvalue weighted by Gasteiger charge is 2.08. The van der Waals surface area contributed by atoms with Crippen LogP contribution in [0.15, 0.2) is 61.7 Å². The van der Waals surface area contributed by atoms with Crippen molar-refractivity contribution in [3.63, 3.8) is 0 Å². The van der Waals surface area contributed by atoms with Gasteiger partial charge in [0.25, 0.3) is 0 Å². The summed E-state index contributed by atoms with van der Waals surface area (Å²) in [6, 6.07) is 16.8. The van der Waals surface area contributed by atoms with Crippen molar-refractivity contribution in [2.45, 2.75) is 0 Å². The van der Waals surface area contributed by atoms with Gasteiger partial charge in [0.15, 0.2) is 0 Å². The van der Waals surface area contributed by atoms with Crippen molar-refractivity contribution < 1.29 is 30.1 Å². The zero-order chi connectivity index (χ0) is 20.7. The van der Waals surface area contributed by atoms with Crippen molar-refractivity contribution in [3.05, 3.63) is 72.8 Å². The van der Waals surface area contributed by atoms with Crippen LogP contribution in [0.5, 0.6) is 0 Å². The Bertz CT molecular complexity index is 714. The van der Waals surface area contributed by atoms with E-state index in [0.29, 0.717) is 0 Å². The van der Waals surface area contributed by atoms with Gasteiger partial charge in [0.2, 0.25) is 0 Å². The van der Waals surface area contributed by atoms with Gasteiger partial charge in [-0.25, -0.2) is 0 Å². The fourth-order valence-corrected chi connectivity index (χ4v) is 2.64. The first-order chi connectivity index (χ1) is 13.1. The summed E-state index contributed by atoms with van der Waals surface area (Å²) in [5, 5.41) is 46.9. The number of hydrogen-bond acceptors (Lipinski definition) is 6. The van der Waals surface area contributed by atoms with Crippen molar-refractivity contribution in [1.82, 2.24) is 0 Å². The van der Waals surface area contributed by atoms with Gasteiger partial charge in [0.1, 0.15) is 0 Å². The molecule has 9 heteroatoms. The lowest BCUT2D eigenvalue weighted by Crippen LogP contribution is -1.87. The molecule has 6 nitrogen and oxygen atoms in total. The highest BCUT2D eigenvalue weighted by molar-refractivity contribution is 6.14. The van der Waals surface area contributed by atoms with Crippen LogP contribution in [0.3, 0.4) is 0 Å². The predicted octanol–water partition coefficient (Wildman–Crippen LogP) is 0.795. The van der Waals surface area contributed by atoms with Crippen LogP contribution in [0.1, 0.15) is 11.1 Å². The second kappa shape index (κ2) is 14.7. The smallest absolute Gasteiger partial charge is 0.429 e. The van der Waals surface area contributed by atoms with Gasteiger partial charge in [-0.15, -0.1) is 0 Å². The molecule has 0 aliphatic rings. The first-order valence-electron chi connectivity index (χ1n) is 7.60. The van der Waals surface area contributed by atoms with Gasteiger partial charge in [-0.2, -0.15) is 0 Å². The van der Waals surface area contributed by atoms with Crippen LogP contribution in [0.2, 0.25) is 0 Å². The van der Waals surface area contributed by atoms with Gasteiger partial charge < -0.3 is 30.1 Å². The van der Waals surface area contributed by atoms with Crippen molar-refractivity contribution in [2.24, 2.45) is 0 Å². The Labute approximate surface area is 160 Å². The van der Waals surface area contributed by atoms with E-state index in [0.717, 1.165) is 0 Å². The zero-order valence-corrected chi connectivity index (χ0v) is 14.6. The van der Waals surface area contributed by atoms with Gasteiger partial charge in [0, 0.05) is 0 Å². The van der Waals surface area contributed by atoms with E-state index in [4.69, 9.17) is 30.1 Å². The van der Waals surface area contributed by atoms with Crippen LogP contribution in [-0.2, 0) is 0 Å². The number of fused-ring (bicyclic) bond motifs is 2. The maximum absolute atomic E-state index is 7.00. The maximum atomic E-state index is 7.00. The summed E-state index contributed by atoms with van der Waals surface area (Å²) in [5.41, 5.74) is 2.40. The molecular weight excluding hydrogens is 345 g/mol. The number of rotatable bonds is 2. The first-order valence-corrected chi connectivity index (χ1v) is 7.60. The Hall–Kier alpha value is -2.39.